The van der Waals surface area contributed by atoms with Crippen LogP contribution in [0, 0.1) is 10.8 Å². The number of ketones is 1. The molecule has 402 valence electrons. The number of nitrogen functional groups attached to an aromatic ring is 1. The molecule has 29 heteroatoms. The number of aryl methyl sites for hydroxylation is 2. The number of nitrogens with one attached hydrogen (secondary N) is 2. The third-order valence-electron chi connectivity index (χ3n) is 12.5. The molecule has 2 amide bonds. The fourth-order valence-electron chi connectivity index (χ4n) is 7.95. The number of aromatic nitrogens is 4. The molecule has 7 atom stereocenters. The van der Waals surface area contributed by atoms with Gasteiger partial charge in [-0.3, -0.25) is 37.3 Å². The van der Waals surface area contributed by atoms with Gasteiger partial charge in [0, 0.05) is 36.8 Å². The summed E-state index contributed by atoms with van der Waals surface area (Å²) >= 11 is 0. The first-order valence-electron chi connectivity index (χ1n) is 23.3. The number of fused-ring (bicyclic) bond motifs is 1. The van der Waals surface area contributed by atoms with Gasteiger partial charge in [0.25, 0.3) is 6.47 Å². The number of imidazole rings is 1. The summed E-state index contributed by atoms with van der Waals surface area (Å²) in [6.45, 7) is 4.64. The molecule has 1 saturated heterocycles. The highest BCUT2D eigenvalue weighted by atomic mass is 31.3. The van der Waals surface area contributed by atoms with Crippen molar-refractivity contribution in [1.29, 1.82) is 0 Å². The molecule has 26 nitrogen and oxygen atoms in total. The van der Waals surface area contributed by atoms with E-state index in [-0.39, 0.29) is 54.3 Å². The number of hydrogen-bond acceptors (Lipinski definition) is 19. The molecule has 3 aromatic rings. The lowest BCUT2D eigenvalue weighted by Gasteiger charge is -2.30. The van der Waals surface area contributed by atoms with Crippen molar-refractivity contribution < 1.29 is 90.0 Å². The summed E-state index contributed by atoms with van der Waals surface area (Å²) < 4.78 is 67.8. The number of aliphatic hydroxyl groups excluding tert-OH is 2. The summed E-state index contributed by atoms with van der Waals surface area (Å²) in [5.41, 5.74) is 5.94. The van der Waals surface area contributed by atoms with E-state index in [0.717, 1.165) is 75.0 Å². The van der Waals surface area contributed by atoms with Crippen molar-refractivity contribution >= 4 is 64.5 Å². The molecule has 0 bridgehead atoms. The zero-order valence-electron chi connectivity index (χ0n) is 40.4. The van der Waals surface area contributed by atoms with Gasteiger partial charge >= 0.3 is 23.5 Å². The van der Waals surface area contributed by atoms with Crippen LogP contribution in [0.2, 0.25) is 0 Å². The number of benzene rings is 1. The van der Waals surface area contributed by atoms with E-state index in [1.807, 2.05) is 13.8 Å². The average Bonchev–Trinajstić information content (AvgIpc) is 3.82. The van der Waals surface area contributed by atoms with E-state index in [9.17, 15) is 62.7 Å². The number of unbranched alkanes of at least 4 members (excludes halogenated alkanes) is 2. The van der Waals surface area contributed by atoms with Gasteiger partial charge in [-0.25, -0.2) is 28.6 Å². The van der Waals surface area contributed by atoms with Crippen LogP contribution in [0.4, 0.5) is 5.82 Å². The summed E-state index contributed by atoms with van der Waals surface area (Å²) in [6, 6.07) is 8.58. The minimum absolute atomic E-state index is 0.00761. The van der Waals surface area contributed by atoms with Gasteiger partial charge in [-0.2, -0.15) is 4.31 Å². The Balaban J connectivity index is 0.960. The molecule has 72 heavy (non-hydrogen) atoms. The summed E-state index contributed by atoms with van der Waals surface area (Å²) in [6.07, 6.45) is 2.23. The SMILES string of the molecule is CC(C)(CCCCc1ccc(CCCCC2(OC=O)CC2)cc1)C(=O)CCNC(=O)CCNC(=O)C(O)C(C)(C)COP(=O)(O)OP(=O)(O)OCC1OC(n2cnc3c(N)ncnc32)C(O)C1OP(=O)(O)O. The largest absolute Gasteiger partial charge is 0.481 e. The van der Waals surface area contributed by atoms with E-state index in [1.165, 1.54) is 25.0 Å². The number of Topliss-reactive ketones (excluding diaryl/α,β-unsaturated/α-hetero) is 1. The number of amides is 2. The molecule has 1 aliphatic heterocycles. The van der Waals surface area contributed by atoms with E-state index in [4.69, 9.17) is 24.3 Å². The van der Waals surface area contributed by atoms with Crippen molar-refractivity contribution in [3.05, 3.63) is 48.0 Å². The first-order valence-corrected chi connectivity index (χ1v) is 27.8. The van der Waals surface area contributed by atoms with Gasteiger partial charge in [-0.05, 0) is 68.9 Å². The van der Waals surface area contributed by atoms with Crippen LogP contribution in [-0.4, -0.2) is 130 Å². The fourth-order valence-corrected chi connectivity index (χ4v) is 10.8. The molecule has 3 heterocycles. The number of phosphoric acid groups is 3. The zero-order chi connectivity index (χ0) is 53.1. The topological polar surface area (TPSA) is 390 Å². The van der Waals surface area contributed by atoms with Crippen LogP contribution in [-0.2, 0) is 73.1 Å². The summed E-state index contributed by atoms with van der Waals surface area (Å²) in [5.74, 6) is -1.51. The Hall–Kier alpha value is -4.10. The van der Waals surface area contributed by atoms with Crippen LogP contribution in [0.25, 0.3) is 11.2 Å². The van der Waals surface area contributed by atoms with E-state index in [2.05, 4.69) is 58.7 Å². The minimum atomic E-state index is -5.60. The lowest BCUT2D eigenvalue weighted by atomic mass is 9.81. The number of hydrogen-bond donors (Lipinski definition) is 9. The standard InChI is InChI=1S/C43H66N7O19P3/c1-41(2,17-7-5-9-28-11-13-29(14-12-28)10-6-8-18-43(19-20-43)64-27-51)31(52)15-21-45-32(53)16-22-46-39(56)36(55)42(3,4)24-66-72(62,63)69-71(60,61)65-23-30-35(68-70(57,58)59)34(54)40(67-30)50-26-49-33-37(44)47-25-48-38(33)50/h11-14,25-27,30,34-36,40,54-55H,5-10,15-24H2,1-4H3,(H,45,53)(H,46,56)(H,60,61)(H,62,63)(H2,44,47,48)(H2,57,58,59). The van der Waals surface area contributed by atoms with Crippen LogP contribution in [0.15, 0.2) is 36.9 Å². The molecular formula is C43H66N7O19P3. The second-order valence-electron chi connectivity index (χ2n) is 19.3. The minimum Gasteiger partial charge on any atom is -0.461 e. The number of aliphatic hydroxyl groups is 2. The maximum atomic E-state index is 13.0. The second kappa shape index (κ2) is 25.0. The van der Waals surface area contributed by atoms with Gasteiger partial charge in [-0.15, -0.1) is 0 Å². The number of nitrogens with zero attached hydrogens (tertiary/aromatic N) is 4. The van der Waals surface area contributed by atoms with Crippen molar-refractivity contribution in [3.63, 3.8) is 0 Å². The maximum Gasteiger partial charge on any atom is 0.481 e. The highest BCUT2D eigenvalue weighted by molar-refractivity contribution is 7.61. The summed E-state index contributed by atoms with van der Waals surface area (Å²) in [7, 11) is -16.5. The predicted octanol–water partition coefficient (Wildman–Crippen LogP) is 3.22. The van der Waals surface area contributed by atoms with Gasteiger partial charge in [-0.1, -0.05) is 58.4 Å². The van der Waals surface area contributed by atoms with E-state index < -0.39 is 90.0 Å². The molecular weight excluding hydrogens is 1010 g/mol. The number of ether oxygens (including phenoxy) is 2. The molecule has 2 fully saturated rings. The number of carbonyl (C=O) groups excluding carboxylic acids is 4. The Labute approximate surface area is 415 Å². The molecule has 1 saturated carbocycles. The monoisotopic (exact) mass is 1080 g/mol. The molecule has 5 rings (SSSR count). The summed E-state index contributed by atoms with van der Waals surface area (Å²) in [5, 5.41) is 26.7. The van der Waals surface area contributed by atoms with Gasteiger partial charge in [0.05, 0.1) is 19.5 Å². The number of rotatable bonds is 32. The first kappa shape index (κ1) is 58.8. The van der Waals surface area contributed by atoms with E-state index in [0.29, 0.717) is 12.9 Å². The van der Waals surface area contributed by atoms with E-state index >= 15 is 0 Å². The van der Waals surface area contributed by atoms with Crippen LogP contribution in [0.3, 0.4) is 0 Å². The normalized spacial score (nSPS) is 21.1. The van der Waals surface area contributed by atoms with Crippen LogP contribution < -0.4 is 16.4 Å². The van der Waals surface area contributed by atoms with Crippen LogP contribution in [0.1, 0.15) is 109 Å². The number of anilines is 1. The first-order chi connectivity index (χ1) is 33.7. The molecule has 1 aromatic carbocycles. The third-order valence-corrected chi connectivity index (χ3v) is 15.6. The van der Waals surface area contributed by atoms with Crippen molar-refractivity contribution in [2.45, 2.75) is 141 Å². The predicted molar refractivity (Wildman–Crippen MR) is 254 cm³/mol. The Bertz CT molecular complexity index is 2490. The Morgan fingerprint density at radius 1 is 0.917 bits per heavy atom. The van der Waals surface area contributed by atoms with Gasteiger partial charge in [0.2, 0.25) is 11.8 Å². The Morgan fingerprint density at radius 3 is 2.17 bits per heavy atom. The van der Waals surface area contributed by atoms with Crippen molar-refractivity contribution in [3.8, 4) is 0 Å². The molecule has 2 aliphatic rings. The number of nitrogens with two attached hydrogens (primary N) is 1. The number of phosphoric ester groups is 3. The van der Waals surface area contributed by atoms with E-state index in [1.54, 1.807) is 0 Å². The molecule has 0 spiro atoms. The molecule has 1 aliphatic carbocycles. The van der Waals surface area contributed by atoms with Gasteiger partial charge in [0.1, 0.15) is 47.6 Å². The molecule has 0 radical (unpaired) electrons. The Kier molecular flexibility index (Phi) is 20.4. The number of carbonyl (C=O) groups is 4. The molecule has 10 N–H and O–H groups in total. The maximum absolute atomic E-state index is 13.0. The highest BCUT2D eigenvalue weighted by Gasteiger charge is 2.50. The van der Waals surface area contributed by atoms with Crippen molar-refractivity contribution in [1.82, 2.24) is 30.2 Å². The zero-order valence-corrected chi connectivity index (χ0v) is 43.1. The van der Waals surface area contributed by atoms with Crippen LogP contribution >= 0.6 is 23.5 Å². The molecule has 2 aromatic heterocycles. The lowest BCUT2D eigenvalue weighted by molar-refractivity contribution is -0.137. The van der Waals surface area contributed by atoms with Gasteiger partial charge < -0.3 is 55.6 Å². The smallest absolute Gasteiger partial charge is 0.461 e. The third kappa shape index (κ3) is 17.5. The van der Waals surface area contributed by atoms with Crippen LogP contribution in [0.5, 0.6) is 0 Å². The van der Waals surface area contributed by atoms with Gasteiger partial charge in [0.15, 0.2) is 17.7 Å². The summed E-state index contributed by atoms with van der Waals surface area (Å²) in [4.78, 5) is 100. The quantitative estimate of drug-likeness (QED) is 0.0246. The second-order valence-corrected chi connectivity index (χ2v) is 23.5. The fraction of sp³-hybridized carbons (Fsp3) is 0.651. The molecule has 7 unspecified atom stereocenters. The average molecular weight is 1080 g/mol. The van der Waals surface area contributed by atoms with Crippen molar-refractivity contribution in [2.75, 3.05) is 32.0 Å². The van der Waals surface area contributed by atoms with Crippen molar-refractivity contribution in [2.24, 2.45) is 10.8 Å². The lowest BCUT2D eigenvalue weighted by Crippen LogP contribution is -2.46. The highest BCUT2D eigenvalue weighted by Crippen LogP contribution is 2.61. The Morgan fingerprint density at radius 2 is 1.54 bits per heavy atom.